The first kappa shape index (κ1) is 7.09. The van der Waals surface area contributed by atoms with Crippen molar-refractivity contribution in [3.63, 3.8) is 0 Å². The SMILES string of the molecule is C/C=C\C(C)SC. The first-order chi connectivity index (χ1) is 3.31. The van der Waals surface area contributed by atoms with Gasteiger partial charge in [0.1, 0.15) is 0 Å². The lowest BCUT2D eigenvalue weighted by Gasteiger charge is -1.95. The molecular weight excluding hydrogens is 104 g/mol. The second-order valence-corrected chi connectivity index (χ2v) is 2.68. The van der Waals surface area contributed by atoms with Crippen LogP contribution in [0.1, 0.15) is 13.8 Å². The van der Waals surface area contributed by atoms with Crippen molar-refractivity contribution in [2.45, 2.75) is 19.1 Å². The van der Waals surface area contributed by atoms with E-state index in [9.17, 15) is 0 Å². The number of thioether (sulfide) groups is 1. The molecule has 0 nitrogen and oxygen atoms in total. The Morgan fingerprint density at radius 3 is 2.29 bits per heavy atom. The molecule has 42 valence electrons. The third kappa shape index (κ3) is 3.93. The molecule has 1 atom stereocenters. The Balaban J connectivity index is 3.16. The van der Waals surface area contributed by atoms with Gasteiger partial charge in [0, 0.05) is 5.25 Å². The smallest absolute Gasteiger partial charge is 0.0195 e. The van der Waals surface area contributed by atoms with E-state index in [2.05, 4.69) is 25.3 Å². The van der Waals surface area contributed by atoms with Crippen LogP contribution in [0.4, 0.5) is 0 Å². The van der Waals surface area contributed by atoms with Gasteiger partial charge in [-0.2, -0.15) is 11.8 Å². The third-order valence-corrected chi connectivity index (χ3v) is 1.74. The average molecular weight is 116 g/mol. The lowest BCUT2D eigenvalue weighted by molar-refractivity contribution is 1.24. The molecule has 0 fully saturated rings. The van der Waals surface area contributed by atoms with Crippen molar-refractivity contribution >= 4 is 11.8 Å². The normalized spacial score (nSPS) is 15.3. The van der Waals surface area contributed by atoms with E-state index in [0.29, 0.717) is 5.25 Å². The molecule has 0 aliphatic rings. The highest BCUT2D eigenvalue weighted by atomic mass is 32.2. The molecule has 0 aliphatic carbocycles. The van der Waals surface area contributed by atoms with Crippen LogP contribution in [0.2, 0.25) is 0 Å². The summed E-state index contributed by atoms with van der Waals surface area (Å²) >= 11 is 1.86. The van der Waals surface area contributed by atoms with Crippen LogP contribution in [0, 0.1) is 0 Å². The highest BCUT2D eigenvalue weighted by Gasteiger charge is 1.86. The molecule has 1 heteroatoms. The molecule has 0 spiro atoms. The molecule has 0 radical (unpaired) electrons. The maximum atomic E-state index is 2.19. The van der Waals surface area contributed by atoms with Gasteiger partial charge in [0.2, 0.25) is 0 Å². The summed E-state index contributed by atoms with van der Waals surface area (Å²) in [7, 11) is 0. The molecule has 0 aromatic rings. The van der Waals surface area contributed by atoms with Crippen molar-refractivity contribution in [1.29, 1.82) is 0 Å². The first-order valence-electron chi connectivity index (χ1n) is 2.47. The molecule has 0 aliphatic heterocycles. The van der Waals surface area contributed by atoms with Crippen LogP contribution in [0.5, 0.6) is 0 Å². The minimum absolute atomic E-state index is 0.685. The predicted molar refractivity (Wildman–Crippen MR) is 37.8 cm³/mol. The summed E-state index contributed by atoms with van der Waals surface area (Å²) in [5.41, 5.74) is 0. The summed E-state index contributed by atoms with van der Waals surface area (Å²) < 4.78 is 0. The van der Waals surface area contributed by atoms with Crippen molar-refractivity contribution in [2.75, 3.05) is 6.26 Å². The van der Waals surface area contributed by atoms with E-state index in [-0.39, 0.29) is 0 Å². The zero-order valence-corrected chi connectivity index (χ0v) is 5.96. The molecule has 0 rings (SSSR count). The van der Waals surface area contributed by atoms with Crippen molar-refractivity contribution in [3.8, 4) is 0 Å². The molecule has 0 N–H and O–H groups in total. The van der Waals surface area contributed by atoms with Crippen molar-refractivity contribution in [1.82, 2.24) is 0 Å². The fraction of sp³-hybridized carbons (Fsp3) is 0.667. The summed E-state index contributed by atoms with van der Waals surface area (Å²) in [5, 5.41) is 0.685. The van der Waals surface area contributed by atoms with Gasteiger partial charge in [-0.15, -0.1) is 0 Å². The van der Waals surface area contributed by atoms with Crippen molar-refractivity contribution in [2.24, 2.45) is 0 Å². The van der Waals surface area contributed by atoms with Gasteiger partial charge in [0.25, 0.3) is 0 Å². The van der Waals surface area contributed by atoms with E-state index < -0.39 is 0 Å². The zero-order chi connectivity index (χ0) is 5.70. The lowest BCUT2D eigenvalue weighted by atomic mass is 10.4. The van der Waals surface area contributed by atoms with Crippen molar-refractivity contribution < 1.29 is 0 Å². The number of hydrogen-bond donors (Lipinski definition) is 0. The van der Waals surface area contributed by atoms with Crippen LogP contribution in [-0.2, 0) is 0 Å². The van der Waals surface area contributed by atoms with Crippen LogP contribution in [0.3, 0.4) is 0 Å². The highest BCUT2D eigenvalue weighted by molar-refractivity contribution is 7.99. The summed E-state index contributed by atoms with van der Waals surface area (Å²) in [6, 6.07) is 0. The Morgan fingerprint density at radius 2 is 2.14 bits per heavy atom. The maximum absolute atomic E-state index is 2.19. The molecule has 0 aromatic heterocycles. The Labute approximate surface area is 50.0 Å². The second kappa shape index (κ2) is 4.25. The standard InChI is InChI=1S/C6H12S/c1-4-5-6(2)7-3/h4-6H,1-3H3/b5-4-. The monoisotopic (exact) mass is 116 g/mol. The van der Waals surface area contributed by atoms with Gasteiger partial charge >= 0.3 is 0 Å². The Kier molecular flexibility index (Phi) is 4.31. The van der Waals surface area contributed by atoms with Gasteiger partial charge < -0.3 is 0 Å². The fourth-order valence-corrected chi connectivity index (χ4v) is 0.664. The summed E-state index contributed by atoms with van der Waals surface area (Å²) in [6.07, 6.45) is 6.39. The highest BCUT2D eigenvalue weighted by Crippen LogP contribution is 2.04. The van der Waals surface area contributed by atoms with E-state index in [0.717, 1.165) is 0 Å². The predicted octanol–water partition coefficient (Wildman–Crippen LogP) is 2.31. The molecule has 7 heavy (non-hydrogen) atoms. The third-order valence-electron chi connectivity index (χ3n) is 0.835. The number of rotatable bonds is 2. The molecule has 0 amide bonds. The van der Waals surface area contributed by atoms with Gasteiger partial charge in [-0.1, -0.05) is 12.2 Å². The Hall–Kier alpha value is 0.0900. The lowest BCUT2D eigenvalue weighted by Crippen LogP contribution is -1.84. The fourth-order valence-electron chi connectivity index (χ4n) is 0.350. The van der Waals surface area contributed by atoms with Gasteiger partial charge in [0.15, 0.2) is 0 Å². The largest absolute Gasteiger partial charge is 0.158 e. The Bertz CT molecular complexity index is 57.2. The van der Waals surface area contributed by atoms with E-state index >= 15 is 0 Å². The van der Waals surface area contributed by atoms with Crippen LogP contribution in [0.15, 0.2) is 12.2 Å². The van der Waals surface area contributed by atoms with Crippen LogP contribution in [-0.4, -0.2) is 11.5 Å². The minimum atomic E-state index is 0.685. The van der Waals surface area contributed by atoms with Crippen LogP contribution >= 0.6 is 11.8 Å². The van der Waals surface area contributed by atoms with Gasteiger partial charge in [0.05, 0.1) is 0 Å². The summed E-state index contributed by atoms with van der Waals surface area (Å²) in [4.78, 5) is 0. The summed E-state index contributed by atoms with van der Waals surface area (Å²) in [6.45, 7) is 4.23. The average Bonchev–Trinajstić information content (AvgIpc) is 1.68. The molecule has 0 saturated heterocycles. The van der Waals surface area contributed by atoms with Gasteiger partial charge in [-0.25, -0.2) is 0 Å². The Morgan fingerprint density at radius 1 is 1.57 bits per heavy atom. The molecule has 0 heterocycles. The number of allylic oxidation sites excluding steroid dienone is 1. The summed E-state index contributed by atoms with van der Waals surface area (Å²) in [5.74, 6) is 0. The maximum Gasteiger partial charge on any atom is 0.0195 e. The van der Waals surface area contributed by atoms with Gasteiger partial charge in [-0.05, 0) is 20.1 Å². The van der Waals surface area contributed by atoms with Crippen LogP contribution in [0.25, 0.3) is 0 Å². The second-order valence-electron chi connectivity index (χ2n) is 1.47. The minimum Gasteiger partial charge on any atom is -0.158 e. The molecule has 1 unspecified atom stereocenters. The topological polar surface area (TPSA) is 0 Å². The van der Waals surface area contributed by atoms with Gasteiger partial charge in [-0.3, -0.25) is 0 Å². The first-order valence-corrected chi connectivity index (χ1v) is 3.75. The van der Waals surface area contributed by atoms with Crippen molar-refractivity contribution in [3.05, 3.63) is 12.2 Å². The van der Waals surface area contributed by atoms with E-state index in [4.69, 9.17) is 0 Å². The zero-order valence-electron chi connectivity index (χ0n) is 5.14. The quantitative estimate of drug-likeness (QED) is 0.499. The molecule has 0 saturated carbocycles. The molecule has 0 aromatic carbocycles. The van der Waals surface area contributed by atoms with Crippen LogP contribution < -0.4 is 0 Å². The number of hydrogen-bond acceptors (Lipinski definition) is 1. The van der Waals surface area contributed by atoms with E-state index in [1.165, 1.54) is 0 Å². The molecule has 0 bridgehead atoms. The van der Waals surface area contributed by atoms with E-state index in [1.807, 2.05) is 18.7 Å². The van der Waals surface area contributed by atoms with E-state index in [1.54, 1.807) is 0 Å². The molecular formula is C6H12S.